The zero-order valence-electron chi connectivity index (χ0n) is 13.9. The Bertz CT molecular complexity index is 884. The van der Waals surface area contributed by atoms with Crippen molar-refractivity contribution in [2.75, 3.05) is 17.5 Å². The lowest BCUT2D eigenvalue weighted by molar-refractivity contribution is 0.0749. The molecule has 0 heterocycles. The largest absolute Gasteiger partial charge is 0.507 e. The number of hydrogen-bond acceptors (Lipinski definition) is 4. The third kappa shape index (κ3) is 5.18. The van der Waals surface area contributed by atoms with Crippen LogP contribution in [0.1, 0.15) is 22.8 Å². The van der Waals surface area contributed by atoms with E-state index in [1.54, 1.807) is 19.1 Å². The fourth-order valence-corrected chi connectivity index (χ4v) is 2.89. The maximum atomic E-state index is 13.3. The third-order valence-corrected chi connectivity index (χ3v) is 4.07. The van der Waals surface area contributed by atoms with Crippen LogP contribution >= 0.6 is 0 Å². The van der Waals surface area contributed by atoms with Crippen molar-refractivity contribution >= 4 is 21.6 Å². The monoisotopic (exact) mass is 366 g/mol. The van der Waals surface area contributed by atoms with E-state index < -0.39 is 21.7 Å². The first-order chi connectivity index (χ1) is 11.7. The molecule has 2 aromatic rings. The average Bonchev–Trinajstić information content (AvgIpc) is 2.52. The molecular weight excluding hydrogens is 347 g/mol. The number of halogens is 1. The highest BCUT2D eigenvalue weighted by Gasteiger charge is 2.19. The van der Waals surface area contributed by atoms with Gasteiger partial charge in [-0.05, 0) is 42.8 Å². The second kappa shape index (κ2) is 7.52. The van der Waals surface area contributed by atoms with E-state index in [1.165, 1.54) is 35.2 Å². The van der Waals surface area contributed by atoms with E-state index in [2.05, 4.69) is 4.72 Å². The van der Waals surface area contributed by atoms with Crippen LogP contribution in [0.5, 0.6) is 5.75 Å². The number of hydrogen-bond donors (Lipinski definition) is 2. The molecule has 2 aromatic carbocycles. The molecule has 0 spiro atoms. The smallest absolute Gasteiger partial charge is 0.257 e. The van der Waals surface area contributed by atoms with Crippen molar-refractivity contribution in [1.82, 2.24) is 4.90 Å². The van der Waals surface area contributed by atoms with E-state index in [0.29, 0.717) is 12.1 Å². The minimum absolute atomic E-state index is 0.0353. The predicted octanol–water partition coefficient (Wildman–Crippen LogP) is 2.57. The van der Waals surface area contributed by atoms with Gasteiger partial charge in [0.05, 0.1) is 11.8 Å². The molecule has 0 aliphatic rings. The number of amides is 1. The Balaban J connectivity index is 2.29. The van der Waals surface area contributed by atoms with Gasteiger partial charge in [-0.3, -0.25) is 9.52 Å². The molecule has 0 aliphatic heterocycles. The van der Waals surface area contributed by atoms with Gasteiger partial charge in [-0.25, -0.2) is 12.8 Å². The Morgan fingerprint density at radius 3 is 2.56 bits per heavy atom. The topological polar surface area (TPSA) is 86.7 Å². The molecule has 0 radical (unpaired) electrons. The summed E-state index contributed by atoms with van der Waals surface area (Å²) in [6, 6.07) is 9.77. The Morgan fingerprint density at radius 1 is 1.24 bits per heavy atom. The van der Waals surface area contributed by atoms with Gasteiger partial charge in [-0.2, -0.15) is 0 Å². The van der Waals surface area contributed by atoms with Gasteiger partial charge in [-0.15, -0.1) is 0 Å². The first-order valence-corrected chi connectivity index (χ1v) is 9.43. The summed E-state index contributed by atoms with van der Waals surface area (Å²) in [4.78, 5) is 14.1. The highest BCUT2D eigenvalue weighted by Crippen LogP contribution is 2.24. The van der Waals surface area contributed by atoms with Crippen molar-refractivity contribution in [3.05, 3.63) is 59.4 Å². The van der Waals surface area contributed by atoms with Crippen LogP contribution in [0.25, 0.3) is 0 Å². The summed E-state index contributed by atoms with van der Waals surface area (Å²) in [5.41, 5.74) is 0.748. The summed E-state index contributed by atoms with van der Waals surface area (Å²) in [6.45, 7) is 2.25. The molecule has 0 unspecified atom stereocenters. The van der Waals surface area contributed by atoms with Crippen LogP contribution in [0.3, 0.4) is 0 Å². The quantitative estimate of drug-likeness (QED) is 0.770. The highest BCUT2D eigenvalue weighted by atomic mass is 32.2. The fraction of sp³-hybridized carbons (Fsp3) is 0.235. The number of rotatable bonds is 6. The third-order valence-electron chi connectivity index (χ3n) is 3.46. The Hall–Kier alpha value is -2.61. The van der Waals surface area contributed by atoms with E-state index in [-0.39, 0.29) is 23.5 Å². The summed E-state index contributed by atoms with van der Waals surface area (Å²) >= 11 is 0. The van der Waals surface area contributed by atoms with Gasteiger partial charge < -0.3 is 10.0 Å². The minimum Gasteiger partial charge on any atom is -0.507 e. The summed E-state index contributed by atoms with van der Waals surface area (Å²) in [6.07, 6.45) is 0.990. The maximum Gasteiger partial charge on any atom is 0.257 e. The van der Waals surface area contributed by atoms with Crippen LogP contribution in [0.2, 0.25) is 0 Å². The Kier molecular flexibility index (Phi) is 5.63. The number of aromatic hydroxyl groups is 1. The van der Waals surface area contributed by atoms with E-state index >= 15 is 0 Å². The zero-order chi connectivity index (χ0) is 18.6. The molecular formula is C17H19FN2O4S. The number of phenolic OH excluding ortho intramolecular Hbond substituents is 1. The van der Waals surface area contributed by atoms with Gasteiger partial charge >= 0.3 is 0 Å². The number of anilines is 1. The van der Waals surface area contributed by atoms with E-state index in [1.807, 2.05) is 0 Å². The van der Waals surface area contributed by atoms with Gasteiger partial charge in [0.15, 0.2) is 0 Å². The number of benzene rings is 2. The van der Waals surface area contributed by atoms with Crippen molar-refractivity contribution in [2.45, 2.75) is 13.5 Å². The summed E-state index contributed by atoms with van der Waals surface area (Å²) in [7, 11) is -3.51. The van der Waals surface area contributed by atoms with Crippen molar-refractivity contribution in [3.63, 3.8) is 0 Å². The molecule has 0 bridgehead atoms. The highest BCUT2D eigenvalue weighted by molar-refractivity contribution is 7.92. The molecule has 2 N–H and O–H groups in total. The molecule has 6 nitrogen and oxygen atoms in total. The molecule has 8 heteroatoms. The van der Waals surface area contributed by atoms with Gasteiger partial charge in [0.1, 0.15) is 11.6 Å². The zero-order valence-corrected chi connectivity index (χ0v) is 14.7. The molecule has 134 valence electrons. The number of carbonyl (C=O) groups excluding carboxylic acids is 1. The van der Waals surface area contributed by atoms with Gasteiger partial charge in [0.25, 0.3) is 5.91 Å². The van der Waals surface area contributed by atoms with Crippen molar-refractivity contribution in [3.8, 4) is 5.75 Å². The van der Waals surface area contributed by atoms with Crippen LogP contribution in [0.15, 0.2) is 42.5 Å². The van der Waals surface area contributed by atoms with Crippen LogP contribution in [0, 0.1) is 5.82 Å². The van der Waals surface area contributed by atoms with Crippen LogP contribution in [-0.2, 0) is 16.6 Å². The Morgan fingerprint density at radius 2 is 1.96 bits per heavy atom. The molecule has 25 heavy (non-hydrogen) atoms. The summed E-state index contributed by atoms with van der Waals surface area (Å²) < 4.78 is 38.2. The standard InChI is InChI=1S/C17H19FN2O4S/c1-3-20(11-12-5-4-6-13(18)9-12)17(22)15-10-14(7-8-16(15)21)19-25(2,23)24/h4-10,19,21H,3,11H2,1-2H3. The Labute approximate surface area is 146 Å². The second-order valence-electron chi connectivity index (χ2n) is 5.56. The molecule has 2 rings (SSSR count). The molecule has 0 fully saturated rings. The van der Waals surface area contributed by atoms with Crippen LogP contribution in [0.4, 0.5) is 10.1 Å². The SMILES string of the molecule is CCN(Cc1cccc(F)c1)C(=O)c1cc(NS(C)(=O)=O)ccc1O. The van der Waals surface area contributed by atoms with Gasteiger partial charge in [-0.1, -0.05) is 12.1 Å². The van der Waals surface area contributed by atoms with Crippen LogP contribution in [-0.4, -0.2) is 37.1 Å². The molecule has 0 atom stereocenters. The molecule has 0 saturated carbocycles. The lowest BCUT2D eigenvalue weighted by Crippen LogP contribution is -2.30. The first kappa shape index (κ1) is 18.7. The normalized spacial score (nSPS) is 11.2. The number of sulfonamides is 1. The number of nitrogens with zero attached hydrogens (tertiary/aromatic N) is 1. The van der Waals surface area contributed by atoms with E-state index in [0.717, 1.165) is 6.26 Å². The van der Waals surface area contributed by atoms with Crippen molar-refractivity contribution in [2.24, 2.45) is 0 Å². The summed E-state index contributed by atoms with van der Waals surface area (Å²) in [5.74, 6) is -1.15. The molecule has 1 amide bonds. The predicted molar refractivity (Wildman–Crippen MR) is 93.4 cm³/mol. The number of carbonyl (C=O) groups is 1. The molecule has 0 aromatic heterocycles. The molecule has 0 aliphatic carbocycles. The minimum atomic E-state index is -3.51. The second-order valence-corrected chi connectivity index (χ2v) is 7.30. The lowest BCUT2D eigenvalue weighted by atomic mass is 10.1. The van der Waals surface area contributed by atoms with E-state index in [4.69, 9.17) is 0 Å². The fourth-order valence-electron chi connectivity index (χ4n) is 2.34. The summed E-state index contributed by atoms with van der Waals surface area (Å²) in [5, 5.41) is 9.97. The van der Waals surface area contributed by atoms with Crippen molar-refractivity contribution < 1.29 is 22.7 Å². The van der Waals surface area contributed by atoms with Gasteiger partial charge in [0, 0.05) is 18.8 Å². The van der Waals surface area contributed by atoms with E-state index in [9.17, 15) is 22.7 Å². The first-order valence-electron chi connectivity index (χ1n) is 7.54. The number of nitrogens with one attached hydrogen (secondary N) is 1. The number of phenols is 1. The average molecular weight is 366 g/mol. The lowest BCUT2D eigenvalue weighted by Gasteiger charge is -2.22. The van der Waals surface area contributed by atoms with Crippen LogP contribution < -0.4 is 4.72 Å². The maximum absolute atomic E-state index is 13.3. The van der Waals surface area contributed by atoms with Gasteiger partial charge in [0.2, 0.25) is 10.0 Å². The molecule has 0 saturated heterocycles. The van der Waals surface area contributed by atoms with Crippen molar-refractivity contribution in [1.29, 1.82) is 0 Å².